The second-order valence-corrected chi connectivity index (χ2v) is 12.1. The number of nitrogens with zero attached hydrogens (tertiary/aromatic N) is 1. The molecule has 5 aromatic carbocycles. The summed E-state index contributed by atoms with van der Waals surface area (Å²) in [6, 6.07) is 28.0. The van der Waals surface area contributed by atoms with Crippen molar-refractivity contribution in [1.29, 1.82) is 0 Å². The van der Waals surface area contributed by atoms with Crippen LogP contribution in [0, 0.1) is 29.1 Å². The van der Waals surface area contributed by atoms with Crippen molar-refractivity contribution in [1.82, 2.24) is 4.90 Å². The number of amides is 1. The van der Waals surface area contributed by atoms with Crippen LogP contribution < -0.4 is 5.32 Å². The van der Waals surface area contributed by atoms with Gasteiger partial charge in [-0.25, -0.2) is 22.0 Å². The maximum atomic E-state index is 14.3. The predicted octanol–water partition coefficient (Wildman–Crippen LogP) is 8.52. The van der Waals surface area contributed by atoms with E-state index in [-0.39, 0.29) is 24.4 Å². The Morgan fingerprint density at radius 3 is 2.18 bits per heavy atom. The summed E-state index contributed by atoms with van der Waals surface area (Å²) in [4.78, 5) is 14.9. The predicted molar refractivity (Wildman–Crippen MR) is 174 cm³/mol. The van der Waals surface area contributed by atoms with Crippen molar-refractivity contribution < 1.29 is 41.3 Å². The van der Waals surface area contributed by atoms with E-state index >= 15 is 0 Å². The zero-order valence-corrected chi connectivity index (χ0v) is 26.6. The number of carbonyl (C=O) groups is 1. The summed E-state index contributed by atoms with van der Waals surface area (Å²) in [5, 5.41) is 14.0. The van der Waals surface area contributed by atoms with Crippen LogP contribution in [0.2, 0.25) is 0 Å². The first-order chi connectivity index (χ1) is 23.5. The molecule has 6 nitrogen and oxygen atoms in total. The maximum absolute atomic E-state index is 14.3. The van der Waals surface area contributed by atoms with Gasteiger partial charge in [-0.05, 0) is 59.6 Å². The first kappa shape index (κ1) is 34.2. The van der Waals surface area contributed by atoms with Gasteiger partial charge in [0.25, 0.3) is 5.91 Å². The highest BCUT2D eigenvalue weighted by molar-refractivity contribution is 6.04. The van der Waals surface area contributed by atoms with E-state index in [2.05, 4.69) is 47.5 Å². The van der Waals surface area contributed by atoms with Gasteiger partial charge in [-0.2, -0.15) is 0 Å². The molecule has 0 aliphatic carbocycles. The molecule has 1 amide bonds. The van der Waals surface area contributed by atoms with Gasteiger partial charge >= 0.3 is 0 Å². The van der Waals surface area contributed by atoms with Gasteiger partial charge in [0, 0.05) is 30.3 Å². The van der Waals surface area contributed by atoms with Crippen molar-refractivity contribution in [3.63, 3.8) is 0 Å². The van der Waals surface area contributed by atoms with Gasteiger partial charge in [0.05, 0.1) is 18.8 Å². The molecule has 1 saturated heterocycles. The standard InChI is InChI=1S/C38H33F5N2O4/c1-21(25-15-14-23-6-3-4-7-26(23)16-25)45(2)19-29-18-30(24-12-10-22(20-46)11-13-24)49-38(48-29)27-8-5-9-28(17-27)44-37(47)31-32(39)34(41)36(43)35(42)33(31)40/h3-17,21,29-30,38,46H,18-20H2,1-2H3,(H,44,47)/t21-,29-,30+,38+/m1/s1. The Hall–Kier alpha value is -4.68. The van der Waals surface area contributed by atoms with E-state index in [0.717, 1.165) is 27.5 Å². The summed E-state index contributed by atoms with van der Waals surface area (Å²) in [7, 11) is 2.01. The number of nitrogens with one attached hydrogen (secondary N) is 1. The molecule has 0 bridgehead atoms. The second kappa shape index (κ2) is 14.4. The lowest BCUT2D eigenvalue weighted by Gasteiger charge is -2.39. The molecule has 1 aliphatic rings. The molecule has 49 heavy (non-hydrogen) atoms. The lowest BCUT2D eigenvalue weighted by atomic mass is 9.98. The van der Waals surface area contributed by atoms with E-state index in [9.17, 15) is 31.9 Å². The van der Waals surface area contributed by atoms with Crippen LogP contribution >= 0.6 is 0 Å². The number of halogens is 5. The monoisotopic (exact) mass is 676 g/mol. The number of hydrogen-bond donors (Lipinski definition) is 2. The number of aliphatic hydroxyl groups is 1. The number of benzene rings is 5. The van der Waals surface area contributed by atoms with E-state index in [1.807, 2.05) is 43.4 Å². The Morgan fingerprint density at radius 1 is 0.816 bits per heavy atom. The lowest BCUT2D eigenvalue weighted by Crippen LogP contribution is -2.38. The highest BCUT2D eigenvalue weighted by atomic mass is 19.2. The summed E-state index contributed by atoms with van der Waals surface area (Å²) in [5.74, 6) is -12.8. The molecule has 0 saturated carbocycles. The molecule has 5 aromatic rings. The molecule has 0 radical (unpaired) electrons. The van der Waals surface area contributed by atoms with Crippen molar-refractivity contribution in [2.45, 2.75) is 44.5 Å². The maximum Gasteiger partial charge on any atom is 0.261 e. The van der Waals surface area contributed by atoms with Gasteiger partial charge in [-0.15, -0.1) is 0 Å². The third-order valence-electron chi connectivity index (χ3n) is 8.88. The Balaban J connectivity index is 1.24. The molecule has 4 atom stereocenters. The van der Waals surface area contributed by atoms with E-state index in [0.29, 0.717) is 18.5 Å². The molecule has 0 aromatic heterocycles. The Kier molecular flexibility index (Phi) is 10.1. The number of anilines is 1. The van der Waals surface area contributed by atoms with Crippen LogP contribution in [0.25, 0.3) is 10.8 Å². The van der Waals surface area contributed by atoms with E-state index in [1.165, 1.54) is 12.1 Å². The lowest BCUT2D eigenvalue weighted by molar-refractivity contribution is -0.253. The molecule has 2 N–H and O–H groups in total. The first-order valence-electron chi connectivity index (χ1n) is 15.7. The molecule has 1 aliphatic heterocycles. The highest BCUT2D eigenvalue weighted by Gasteiger charge is 2.34. The molecule has 1 fully saturated rings. The minimum absolute atomic E-state index is 0.0201. The molecule has 0 unspecified atom stereocenters. The summed E-state index contributed by atoms with van der Waals surface area (Å²) >= 11 is 0. The second-order valence-electron chi connectivity index (χ2n) is 12.1. The third kappa shape index (κ3) is 7.20. The van der Waals surface area contributed by atoms with Crippen molar-refractivity contribution in [2.24, 2.45) is 0 Å². The van der Waals surface area contributed by atoms with Gasteiger partial charge in [0.1, 0.15) is 5.56 Å². The van der Waals surface area contributed by atoms with Crippen molar-refractivity contribution in [3.8, 4) is 0 Å². The van der Waals surface area contributed by atoms with Crippen molar-refractivity contribution in [2.75, 3.05) is 18.9 Å². The van der Waals surface area contributed by atoms with Crippen LogP contribution in [0.4, 0.5) is 27.6 Å². The normalized spacial score (nSPS) is 18.5. The Morgan fingerprint density at radius 2 is 1.49 bits per heavy atom. The van der Waals surface area contributed by atoms with Gasteiger partial charge in [0.2, 0.25) is 5.82 Å². The average molecular weight is 677 g/mol. The zero-order valence-electron chi connectivity index (χ0n) is 26.6. The summed E-state index contributed by atoms with van der Waals surface area (Å²) < 4.78 is 82.6. The van der Waals surface area contributed by atoms with Gasteiger partial charge < -0.3 is 19.9 Å². The molecule has 6 rings (SSSR count). The van der Waals surface area contributed by atoms with E-state index < -0.39 is 53.0 Å². The smallest absolute Gasteiger partial charge is 0.261 e. The van der Waals surface area contributed by atoms with E-state index in [4.69, 9.17) is 9.47 Å². The molecule has 1 heterocycles. The Bertz CT molecular complexity index is 1960. The highest BCUT2D eigenvalue weighted by Crippen LogP contribution is 2.39. The number of aliphatic hydroxyl groups excluding tert-OH is 1. The number of likely N-dealkylation sites (N-methyl/N-ethyl adjacent to an activating group) is 1. The van der Waals surface area contributed by atoms with Crippen LogP contribution in [0.1, 0.15) is 64.4 Å². The largest absolute Gasteiger partial charge is 0.392 e. The number of carbonyl (C=O) groups excluding carboxylic acids is 1. The van der Waals surface area contributed by atoms with Gasteiger partial charge in [-0.1, -0.05) is 72.8 Å². The zero-order chi connectivity index (χ0) is 34.8. The third-order valence-corrected chi connectivity index (χ3v) is 8.88. The number of rotatable bonds is 9. The van der Waals surface area contributed by atoms with Crippen LogP contribution in [-0.4, -0.2) is 35.6 Å². The van der Waals surface area contributed by atoms with Crippen LogP contribution in [0.3, 0.4) is 0 Å². The first-order valence-corrected chi connectivity index (χ1v) is 15.7. The summed E-state index contributed by atoms with van der Waals surface area (Å²) in [5.41, 5.74) is 1.61. The van der Waals surface area contributed by atoms with Crippen LogP contribution in [-0.2, 0) is 16.1 Å². The van der Waals surface area contributed by atoms with Crippen LogP contribution in [0.5, 0.6) is 0 Å². The van der Waals surface area contributed by atoms with Crippen LogP contribution in [0.15, 0.2) is 91.0 Å². The fourth-order valence-electron chi connectivity index (χ4n) is 6.00. The average Bonchev–Trinajstić information content (AvgIpc) is 3.12. The van der Waals surface area contributed by atoms with E-state index in [1.54, 1.807) is 12.1 Å². The minimum atomic E-state index is -2.35. The van der Waals surface area contributed by atoms with Gasteiger partial charge in [-0.3, -0.25) is 9.69 Å². The van der Waals surface area contributed by atoms with Gasteiger partial charge in [0.15, 0.2) is 29.6 Å². The molecular weight excluding hydrogens is 643 g/mol. The quantitative estimate of drug-likeness (QED) is 0.0931. The molecule has 254 valence electrons. The van der Waals surface area contributed by atoms with Crippen molar-refractivity contribution in [3.05, 3.63) is 148 Å². The number of ether oxygens (including phenoxy) is 2. The summed E-state index contributed by atoms with van der Waals surface area (Å²) in [6.45, 7) is 2.53. The number of fused-ring (bicyclic) bond motifs is 1. The molecule has 11 heteroatoms. The fraction of sp³-hybridized carbons (Fsp3) is 0.237. The SMILES string of the molecule is C[C@H](c1ccc2ccccc2c1)N(C)C[C@H]1C[C@@H](c2ccc(CO)cc2)O[C@@H](c2cccc(NC(=O)c3c(F)c(F)c(F)c(F)c3F)c2)O1. The number of hydrogen-bond acceptors (Lipinski definition) is 5. The molecular formula is C38H33F5N2O4. The Labute approximate surface area is 279 Å². The molecule has 0 spiro atoms. The summed E-state index contributed by atoms with van der Waals surface area (Å²) in [6.07, 6.45) is -1.20. The fourth-order valence-corrected chi connectivity index (χ4v) is 6.00. The topological polar surface area (TPSA) is 71.0 Å². The minimum Gasteiger partial charge on any atom is -0.392 e. The van der Waals surface area contributed by atoms with Crippen molar-refractivity contribution >= 4 is 22.4 Å².